The van der Waals surface area contributed by atoms with Gasteiger partial charge < -0.3 is 15.2 Å². The first-order chi connectivity index (χ1) is 17.3. The van der Waals surface area contributed by atoms with Crippen LogP contribution in [0.2, 0.25) is 0 Å². The van der Waals surface area contributed by atoms with E-state index in [0.29, 0.717) is 11.3 Å². The molecule has 1 atom stereocenters. The quantitative estimate of drug-likeness (QED) is 0.515. The molecule has 9 heteroatoms. The largest absolute Gasteiger partial charge is 0.466 e. The molecule has 0 saturated carbocycles. The van der Waals surface area contributed by atoms with E-state index in [1.165, 1.54) is 19.1 Å². The van der Waals surface area contributed by atoms with Crippen LogP contribution in [0.1, 0.15) is 22.1 Å². The number of carbonyl (C=O) groups excluding carboxylic acids is 2. The molecule has 1 aromatic heterocycles. The number of aryl methyl sites for hydroxylation is 2. The van der Waals surface area contributed by atoms with E-state index in [1.807, 2.05) is 26.0 Å². The molecule has 0 saturated heterocycles. The van der Waals surface area contributed by atoms with Crippen molar-refractivity contribution in [2.75, 3.05) is 19.1 Å². The van der Waals surface area contributed by atoms with E-state index in [-0.39, 0.29) is 22.7 Å². The second-order valence-electron chi connectivity index (χ2n) is 8.05. The van der Waals surface area contributed by atoms with Crippen molar-refractivity contribution < 1.29 is 19.1 Å². The third kappa shape index (κ3) is 4.23. The summed E-state index contributed by atoms with van der Waals surface area (Å²) in [6, 6.07) is 18.3. The van der Waals surface area contributed by atoms with Crippen LogP contribution in [0.15, 0.2) is 77.3 Å². The minimum absolute atomic E-state index is 0.0167. The molecule has 0 amide bonds. The first-order valence-corrected chi connectivity index (χ1v) is 11.8. The van der Waals surface area contributed by atoms with Gasteiger partial charge in [0.2, 0.25) is 0 Å². The maximum Gasteiger partial charge on any atom is 0.355 e. The SMILES string of the molecule is COC(=O)C1=C(C(=O)OC)N(c2cccc(-c3nc(C)c(C)s3)c2)C(N)=C(C#N)C1c1ccccc1. The molecule has 8 nitrogen and oxygen atoms in total. The number of benzene rings is 2. The van der Waals surface area contributed by atoms with Crippen LogP contribution in [0.25, 0.3) is 10.6 Å². The fourth-order valence-corrected chi connectivity index (χ4v) is 5.07. The van der Waals surface area contributed by atoms with E-state index < -0.39 is 17.9 Å². The number of nitriles is 1. The number of ether oxygens (including phenoxy) is 2. The number of nitrogens with two attached hydrogens (primary N) is 1. The lowest BCUT2D eigenvalue weighted by atomic mass is 9.81. The first kappa shape index (κ1) is 24.7. The Kier molecular flexibility index (Phi) is 6.90. The number of rotatable bonds is 5. The molecule has 0 aliphatic carbocycles. The van der Waals surface area contributed by atoms with Gasteiger partial charge >= 0.3 is 11.9 Å². The fourth-order valence-electron chi connectivity index (χ4n) is 4.16. The summed E-state index contributed by atoms with van der Waals surface area (Å²) >= 11 is 1.54. The van der Waals surface area contributed by atoms with E-state index in [1.54, 1.807) is 53.8 Å². The number of methoxy groups -OCH3 is 2. The maximum absolute atomic E-state index is 13.2. The fraction of sp³-hybridized carbons (Fsp3) is 0.185. The lowest BCUT2D eigenvalue weighted by Gasteiger charge is -2.36. The number of esters is 2. The van der Waals surface area contributed by atoms with Gasteiger partial charge in [0.05, 0.1) is 43.0 Å². The number of carbonyl (C=O) groups is 2. The van der Waals surface area contributed by atoms with Crippen LogP contribution in [-0.4, -0.2) is 31.1 Å². The Bertz CT molecular complexity index is 1430. The average molecular weight is 501 g/mol. The molecule has 2 N–H and O–H groups in total. The van der Waals surface area contributed by atoms with Gasteiger partial charge in [0, 0.05) is 16.1 Å². The smallest absolute Gasteiger partial charge is 0.355 e. The molecule has 2 heterocycles. The Hall–Kier alpha value is -4.42. The van der Waals surface area contributed by atoms with E-state index in [0.717, 1.165) is 21.1 Å². The molecule has 1 aliphatic heterocycles. The van der Waals surface area contributed by atoms with E-state index in [9.17, 15) is 14.9 Å². The van der Waals surface area contributed by atoms with Crippen molar-refractivity contribution in [3.63, 3.8) is 0 Å². The Labute approximate surface area is 212 Å². The zero-order valence-corrected chi connectivity index (χ0v) is 21.1. The molecule has 36 heavy (non-hydrogen) atoms. The van der Waals surface area contributed by atoms with Gasteiger partial charge in [-0.25, -0.2) is 14.6 Å². The van der Waals surface area contributed by atoms with Gasteiger partial charge in [-0.15, -0.1) is 11.3 Å². The third-order valence-corrected chi connectivity index (χ3v) is 7.11. The van der Waals surface area contributed by atoms with Gasteiger partial charge in [0.1, 0.15) is 16.5 Å². The molecule has 4 rings (SSSR count). The summed E-state index contributed by atoms with van der Waals surface area (Å²) in [5.74, 6) is -2.45. The molecule has 0 bridgehead atoms. The zero-order chi connectivity index (χ0) is 26.0. The van der Waals surface area contributed by atoms with Crippen molar-refractivity contribution in [3.05, 3.63) is 93.4 Å². The average Bonchev–Trinajstić information content (AvgIpc) is 3.25. The topological polar surface area (TPSA) is 119 Å². The van der Waals surface area contributed by atoms with Gasteiger partial charge in [-0.05, 0) is 31.5 Å². The van der Waals surface area contributed by atoms with Crippen molar-refractivity contribution >= 4 is 29.0 Å². The normalized spacial score (nSPS) is 15.5. The number of thiazole rings is 1. The predicted molar refractivity (Wildman–Crippen MR) is 137 cm³/mol. The molecule has 1 aliphatic rings. The molecule has 182 valence electrons. The van der Waals surface area contributed by atoms with Crippen molar-refractivity contribution in [2.24, 2.45) is 5.73 Å². The molecule has 0 radical (unpaired) electrons. The van der Waals surface area contributed by atoms with Gasteiger partial charge in [0.25, 0.3) is 0 Å². The van der Waals surface area contributed by atoms with Crippen LogP contribution < -0.4 is 10.6 Å². The number of anilines is 1. The summed E-state index contributed by atoms with van der Waals surface area (Å²) in [7, 11) is 2.44. The first-order valence-electron chi connectivity index (χ1n) is 11.0. The summed E-state index contributed by atoms with van der Waals surface area (Å²) in [5.41, 5.74) is 9.35. The van der Waals surface area contributed by atoms with E-state index in [4.69, 9.17) is 15.2 Å². The van der Waals surface area contributed by atoms with Crippen LogP contribution in [0.3, 0.4) is 0 Å². The summed E-state index contributed by atoms with van der Waals surface area (Å²) in [4.78, 5) is 33.5. The number of hydrogen-bond acceptors (Lipinski definition) is 9. The molecule has 1 unspecified atom stereocenters. The lowest BCUT2D eigenvalue weighted by Crippen LogP contribution is -2.40. The minimum atomic E-state index is -0.915. The van der Waals surface area contributed by atoms with Gasteiger partial charge in [-0.3, -0.25) is 4.90 Å². The second kappa shape index (κ2) is 10.1. The second-order valence-corrected chi connectivity index (χ2v) is 9.25. The summed E-state index contributed by atoms with van der Waals surface area (Å²) < 4.78 is 10.2. The predicted octanol–water partition coefficient (Wildman–Crippen LogP) is 4.32. The Morgan fingerprint density at radius 1 is 1.06 bits per heavy atom. The molecular formula is C27H24N4O4S. The van der Waals surface area contributed by atoms with Crippen molar-refractivity contribution in [1.82, 2.24) is 4.98 Å². The number of allylic oxidation sites excluding steroid dienone is 1. The summed E-state index contributed by atoms with van der Waals surface area (Å²) in [6.07, 6.45) is 0. The monoisotopic (exact) mass is 500 g/mol. The molecule has 0 fully saturated rings. The minimum Gasteiger partial charge on any atom is -0.466 e. The highest BCUT2D eigenvalue weighted by Gasteiger charge is 2.43. The van der Waals surface area contributed by atoms with E-state index >= 15 is 0 Å². The molecular weight excluding hydrogens is 476 g/mol. The Morgan fingerprint density at radius 3 is 2.33 bits per heavy atom. The van der Waals surface area contributed by atoms with Crippen molar-refractivity contribution in [1.29, 1.82) is 5.26 Å². The van der Waals surface area contributed by atoms with Crippen LogP contribution in [0, 0.1) is 25.2 Å². The Balaban J connectivity index is 2.01. The Morgan fingerprint density at radius 2 is 1.75 bits per heavy atom. The standard InChI is InChI=1S/C27H24N4O4S/c1-15-16(2)36-25(30-15)18-11-8-12-19(13-18)31-23(27(33)35-4)22(26(32)34-3)21(20(14-28)24(31)29)17-9-6-5-7-10-17/h5-13,21H,29H2,1-4H3. The van der Waals surface area contributed by atoms with Gasteiger partial charge in [-0.1, -0.05) is 42.5 Å². The van der Waals surface area contributed by atoms with Crippen LogP contribution >= 0.6 is 11.3 Å². The molecule has 0 spiro atoms. The number of aromatic nitrogens is 1. The highest BCUT2D eigenvalue weighted by Crippen LogP contribution is 2.43. The van der Waals surface area contributed by atoms with Crippen LogP contribution in [-0.2, 0) is 19.1 Å². The lowest BCUT2D eigenvalue weighted by molar-refractivity contribution is -0.139. The summed E-state index contributed by atoms with van der Waals surface area (Å²) in [6.45, 7) is 3.93. The maximum atomic E-state index is 13.2. The highest BCUT2D eigenvalue weighted by molar-refractivity contribution is 7.15. The zero-order valence-electron chi connectivity index (χ0n) is 20.2. The van der Waals surface area contributed by atoms with Crippen LogP contribution in [0.5, 0.6) is 0 Å². The number of hydrogen-bond donors (Lipinski definition) is 1. The van der Waals surface area contributed by atoms with E-state index in [2.05, 4.69) is 11.1 Å². The van der Waals surface area contributed by atoms with Crippen molar-refractivity contribution in [2.45, 2.75) is 19.8 Å². The molecule has 2 aromatic carbocycles. The summed E-state index contributed by atoms with van der Waals surface area (Å²) in [5, 5.41) is 11.0. The highest BCUT2D eigenvalue weighted by atomic mass is 32.1. The number of nitrogens with zero attached hydrogens (tertiary/aromatic N) is 3. The van der Waals surface area contributed by atoms with Gasteiger partial charge in [-0.2, -0.15) is 5.26 Å². The van der Waals surface area contributed by atoms with Gasteiger partial charge in [0.15, 0.2) is 0 Å². The van der Waals surface area contributed by atoms with Crippen molar-refractivity contribution in [3.8, 4) is 16.6 Å². The molecule has 3 aromatic rings. The van der Waals surface area contributed by atoms with Crippen LogP contribution in [0.4, 0.5) is 5.69 Å². The third-order valence-electron chi connectivity index (χ3n) is 5.99.